The summed E-state index contributed by atoms with van der Waals surface area (Å²) in [7, 11) is -3.35. The van der Waals surface area contributed by atoms with Crippen LogP contribution in [0.5, 0.6) is 0 Å². The van der Waals surface area contributed by atoms with Gasteiger partial charge in [0, 0.05) is 39.0 Å². The molecule has 0 unspecified atom stereocenters. The first-order valence-corrected chi connectivity index (χ1v) is 11.9. The standard InChI is InChI=1S/C20H24F6N2O5S/c1-33-16-10-13(9-14(16)18(29)30)34(31,32)17-3-2-12(8-15(17)20(24,25)26)28-6-4-27(5-7-28)11-19(21,22)23/h2-3,8,13-14,16H,4-7,9-11H2,1H3,(H,29,30)/t13-,14-,16-/m1/s1. The Morgan fingerprint density at radius 1 is 1.09 bits per heavy atom. The molecule has 1 aromatic carbocycles. The van der Waals surface area contributed by atoms with Gasteiger partial charge in [0.05, 0.1) is 34.3 Å². The van der Waals surface area contributed by atoms with E-state index in [4.69, 9.17) is 4.74 Å². The fourth-order valence-electron chi connectivity index (χ4n) is 4.51. The summed E-state index contributed by atoms with van der Waals surface area (Å²) in [6, 6.07) is 2.72. The van der Waals surface area contributed by atoms with Gasteiger partial charge in [0.2, 0.25) is 0 Å². The van der Waals surface area contributed by atoms with Gasteiger partial charge in [-0.3, -0.25) is 9.69 Å². The highest BCUT2D eigenvalue weighted by molar-refractivity contribution is 7.92. The van der Waals surface area contributed by atoms with E-state index in [0.29, 0.717) is 6.07 Å². The number of carboxylic acid groups (broad SMARTS) is 1. The number of anilines is 1. The maximum absolute atomic E-state index is 13.9. The van der Waals surface area contributed by atoms with E-state index in [-0.39, 0.29) is 44.7 Å². The van der Waals surface area contributed by atoms with E-state index in [1.807, 2.05) is 0 Å². The summed E-state index contributed by atoms with van der Waals surface area (Å²) in [6.45, 7) is -1.07. The first kappa shape index (κ1) is 26.5. The number of hydrogen-bond acceptors (Lipinski definition) is 6. The van der Waals surface area contributed by atoms with E-state index < -0.39 is 62.4 Å². The molecule has 0 bridgehead atoms. The highest BCUT2D eigenvalue weighted by Gasteiger charge is 2.47. The van der Waals surface area contributed by atoms with Gasteiger partial charge in [0.15, 0.2) is 9.84 Å². The zero-order valence-electron chi connectivity index (χ0n) is 18.1. The van der Waals surface area contributed by atoms with Gasteiger partial charge < -0.3 is 14.7 Å². The molecule has 1 aliphatic carbocycles. The number of nitrogens with zero attached hydrogens (tertiary/aromatic N) is 2. The Balaban J connectivity index is 1.87. The van der Waals surface area contributed by atoms with Gasteiger partial charge in [-0.1, -0.05) is 0 Å². The Kier molecular flexibility index (Phi) is 7.44. The van der Waals surface area contributed by atoms with Crippen molar-refractivity contribution in [1.82, 2.24) is 4.90 Å². The zero-order chi connectivity index (χ0) is 25.5. The molecule has 7 nitrogen and oxygen atoms in total. The molecule has 192 valence electrons. The number of aliphatic carboxylic acids is 1. The van der Waals surface area contributed by atoms with Crippen molar-refractivity contribution in [2.45, 2.75) is 41.4 Å². The fourth-order valence-corrected chi connectivity index (χ4v) is 6.51. The predicted octanol–water partition coefficient (Wildman–Crippen LogP) is 3.04. The van der Waals surface area contributed by atoms with Crippen LogP contribution in [0.3, 0.4) is 0 Å². The summed E-state index contributed by atoms with van der Waals surface area (Å²) < 4.78 is 111. The Morgan fingerprint density at radius 3 is 2.18 bits per heavy atom. The largest absolute Gasteiger partial charge is 0.481 e. The molecule has 1 N–H and O–H groups in total. The summed E-state index contributed by atoms with van der Waals surface area (Å²) in [5, 5.41) is 7.92. The van der Waals surface area contributed by atoms with Crippen LogP contribution in [0.25, 0.3) is 0 Å². The normalized spacial score (nSPS) is 25.0. The van der Waals surface area contributed by atoms with Crippen molar-refractivity contribution in [2.24, 2.45) is 5.92 Å². The van der Waals surface area contributed by atoms with Gasteiger partial charge in [-0.05, 0) is 31.0 Å². The van der Waals surface area contributed by atoms with Crippen LogP contribution in [-0.4, -0.2) is 81.8 Å². The first-order chi connectivity index (χ1) is 15.6. The Labute approximate surface area is 192 Å². The second kappa shape index (κ2) is 9.53. The summed E-state index contributed by atoms with van der Waals surface area (Å²) in [5.74, 6) is -2.45. The van der Waals surface area contributed by atoms with Crippen LogP contribution < -0.4 is 4.90 Å². The van der Waals surface area contributed by atoms with Gasteiger partial charge in [0.25, 0.3) is 0 Å². The van der Waals surface area contributed by atoms with Crippen LogP contribution in [0, 0.1) is 5.92 Å². The van der Waals surface area contributed by atoms with Crippen LogP contribution in [0.2, 0.25) is 0 Å². The van der Waals surface area contributed by atoms with Crippen LogP contribution in [0.4, 0.5) is 32.0 Å². The number of methoxy groups -OCH3 is 1. The second-order valence-electron chi connectivity index (χ2n) is 8.41. The lowest BCUT2D eigenvalue weighted by atomic mass is 10.1. The third-order valence-corrected chi connectivity index (χ3v) is 8.47. The molecule has 0 amide bonds. The number of rotatable bonds is 6. The average molecular weight is 518 g/mol. The molecule has 1 saturated heterocycles. The lowest BCUT2D eigenvalue weighted by Gasteiger charge is -2.36. The highest BCUT2D eigenvalue weighted by atomic mass is 32.2. The number of hydrogen-bond donors (Lipinski definition) is 1. The van der Waals surface area contributed by atoms with Gasteiger partial charge in [-0.2, -0.15) is 26.3 Å². The molecule has 1 saturated carbocycles. The fraction of sp³-hybridized carbons (Fsp3) is 0.650. The number of carboxylic acids is 1. The minimum absolute atomic E-state index is 0.0159. The van der Waals surface area contributed by atoms with Gasteiger partial charge in [0.1, 0.15) is 0 Å². The summed E-state index contributed by atoms with van der Waals surface area (Å²) in [5.41, 5.74) is -1.35. The predicted molar refractivity (Wildman–Crippen MR) is 108 cm³/mol. The second-order valence-corrected chi connectivity index (χ2v) is 10.6. The molecule has 0 spiro atoms. The summed E-state index contributed by atoms with van der Waals surface area (Å²) in [4.78, 5) is 13.1. The monoisotopic (exact) mass is 518 g/mol. The number of halogens is 6. The van der Waals surface area contributed by atoms with Crippen LogP contribution in [-0.2, 0) is 25.5 Å². The van der Waals surface area contributed by atoms with Gasteiger partial charge >= 0.3 is 18.3 Å². The minimum Gasteiger partial charge on any atom is -0.481 e. The average Bonchev–Trinajstić information content (AvgIpc) is 3.18. The smallest absolute Gasteiger partial charge is 0.417 e. The highest BCUT2D eigenvalue weighted by Crippen LogP contribution is 2.42. The minimum atomic E-state index is -5.03. The van der Waals surface area contributed by atoms with Crippen molar-refractivity contribution in [2.75, 3.05) is 44.7 Å². The van der Waals surface area contributed by atoms with Crippen molar-refractivity contribution in [3.63, 3.8) is 0 Å². The SMILES string of the molecule is CO[C@@H]1C[C@H](S(=O)(=O)c2ccc(N3CCN(CC(F)(F)F)CC3)cc2C(F)(F)F)C[C@H]1C(=O)O. The number of alkyl halides is 6. The van der Waals surface area contributed by atoms with E-state index >= 15 is 0 Å². The Morgan fingerprint density at radius 2 is 1.71 bits per heavy atom. The van der Waals surface area contributed by atoms with Crippen LogP contribution >= 0.6 is 0 Å². The van der Waals surface area contributed by atoms with Crippen molar-refractivity contribution >= 4 is 21.5 Å². The van der Waals surface area contributed by atoms with E-state index in [1.165, 1.54) is 18.1 Å². The third kappa shape index (κ3) is 5.77. The number of benzene rings is 1. The lowest BCUT2D eigenvalue weighted by Crippen LogP contribution is -2.49. The molecule has 2 aliphatic rings. The molecule has 34 heavy (non-hydrogen) atoms. The summed E-state index contributed by atoms with van der Waals surface area (Å²) in [6.07, 6.45) is -11.0. The molecular weight excluding hydrogens is 494 g/mol. The third-order valence-electron chi connectivity index (χ3n) is 6.23. The lowest BCUT2D eigenvalue weighted by molar-refractivity contribution is -0.146. The van der Waals surface area contributed by atoms with E-state index in [0.717, 1.165) is 11.0 Å². The van der Waals surface area contributed by atoms with Crippen molar-refractivity contribution in [3.8, 4) is 0 Å². The number of ether oxygens (including phenoxy) is 1. The molecule has 14 heteroatoms. The molecule has 1 aromatic rings. The molecule has 0 aromatic heterocycles. The van der Waals surface area contributed by atoms with Crippen molar-refractivity contribution in [1.29, 1.82) is 0 Å². The molecule has 3 atom stereocenters. The molecular formula is C20H24F6N2O5S. The first-order valence-electron chi connectivity index (χ1n) is 10.4. The van der Waals surface area contributed by atoms with Crippen molar-refractivity contribution < 1.29 is 49.4 Å². The van der Waals surface area contributed by atoms with E-state index in [1.54, 1.807) is 0 Å². The van der Waals surface area contributed by atoms with Gasteiger partial charge in [-0.25, -0.2) is 8.42 Å². The van der Waals surface area contributed by atoms with E-state index in [9.17, 15) is 44.7 Å². The van der Waals surface area contributed by atoms with E-state index in [2.05, 4.69) is 0 Å². The van der Waals surface area contributed by atoms with Gasteiger partial charge in [-0.15, -0.1) is 0 Å². The molecule has 0 radical (unpaired) electrons. The van der Waals surface area contributed by atoms with Crippen molar-refractivity contribution in [3.05, 3.63) is 23.8 Å². The molecule has 2 fully saturated rings. The topological polar surface area (TPSA) is 87.2 Å². The number of piperazine rings is 1. The quantitative estimate of drug-likeness (QED) is 0.580. The number of carbonyl (C=O) groups is 1. The molecule has 1 aliphatic heterocycles. The maximum atomic E-state index is 13.9. The number of sulfone groups is 1. The van der Waals surface area contributed by atoms with Crippen LogP contribution in [0.1, 0.15) is 18.4 Å². The maximum Gasteiger partial charge on any atom is 0.417 e. The molecule has 3 rings (SSSR count). The Bertz CT molecular complexity index is 1010. The van der Waals surface area contributed by atoms with Crippen LogP contribution in [0.15, 0.2) is 23.1 Å². The Hall–Kier alpha value is -2.06. The molecule has 1 heterocycles. The summed E-state index contributed by atoms with van der Waals surface area (Å²) >= 11 is 0. The zero-order valence-corrected chi connectivity index (χ0v) is 18.9.